The summed E-state index contributed by atoms with van der Waals surface area (Å²) < 4.78 is 0. The van der Waals surface area contributed by atoms with E-state index < -0.39 is 0 Å². The molecule has 2 nitrogen and oxygen atoms in total. The van der Waals surface area contributed by atoms with Gasteiger partial charge in [-0.15, -0.1) is 0 Å². The first-order valence-electron chi connectivity index (χ1n) is 4.42. The Morgan fingerprint density at radius 3 is 2.57 bits per heavy atom. The van der Waals surface area contributed by atoms with Gasteiger partial charge >= 0.3 is 0 Å². The van der Waals surface area contributed by atoms with Gasteiger partial charge in [-0.3, -0.25) is 0 Å². The van der Waals surface area contributed by atoms with E-state index in [0.717, 1.165) is 11.3 Å². The summed E-state index contributed by atoms with van der Waals surface area (Å²) >= 11 is 0. The highest BCUT2D eigenvalue weighted by atomic mass is 14.8. The molecule has 0 amide bonds. The number of aromatic nitrogens is 2. The van der Waals surface area contributed by atoms with Crippen LogP contribution in [-0.4, -0.2) is 9.97 Å². The molecule has 1 heterocycles. The summed E-state index contributed by atoms with van der Waals surface area (Å²) in [7, 11) is 0. The molecule has 1 N–H and O–H groups in total. The van der Waals surface area contributed by atoms with Gasteiger partial charge in [0.05, 0.1) is 6.33 Å². The molecule has 0 spiro atoms. The SMILES string of the molecule is Cc1ccc(C#Cc2c[nH]cn2)cc1. The van der Waals surface area contributed by atoms with Crippen molar-refractivity contribution in [2.24, 2.45) is 0 Å². The lowest BCUT2D eigenvalue weighted by atomic mass is 10.1. The van der Waals surface area contributed by atoms with Gasteiger partial charge < -0.3 is 4.98 Å². The third-order valence-electron chi connectivity index (χ3n) is 1.88. The standard InChI is InChI=1S/C12H10N2/c1-10-2-4-11(5-3-10)6-7-12-8-13-9-14-12/h2-5,8-9H,1H3,(H,13,14). The Bertz CT molecular complexity index is 455. The average molecular weight is 182 g/mol. The van der Waals surface area contributed by atoms with Crippen molar-refractivity contribution in [2.75, 3.05) is 0 Å². The molecule has 0 radical (unpaired) electrons. The van der Waals surface area contributed by atoms with Crippen molar-refractivity contribution >= 4 is 0 Å². The first-order chi connectivity index (χ1) is 6.84. The predicted molar refractivity (Wildman–Crippen MR) is 55.7 cm³/mol. The molecule has 0 aliphatic carbocycles. The molecule has 0 bridgehead atoms. The number of H-pyrrole nitrogens is 1. The minimum Gasteiger partial charge on any atom is -0.350 e. The summed E-state index contributed by atoms with van der Waals surface area (Å²) in [5.74, 6) is 6.01. The maximum Gasteiger partial charge on any atom is 0.131 e. The zero-order valence-electron chi connectivity index (χ0n) is 7.91. The van der Waals surface area contributed by atoms with Crippen LogP contribution in [0.2, 0.25) is 0 Å². The average Bonchev–Trinajstić information content (AvgIpc) is 2.70. The summed E-state index contributed by atoms with van der Waals surface area (Å²) in [6, 6.07) is 8.12. The third kappa shape index (κ3) is 2.02. The zero-order chi connectivity index (χ0) is 9.80. The lowest BCUT2D eigenvalue weighted by Gasteiger charge is -1.90. The molecule has 1 aromatic carbocycles. The lowest BCUT2D eigenvalue weighted by molar-refractivity contribution is 1.30. The lowest BCUT2D eigenvalue weighted by Crippen LogP contribution is -1.76. The predicted octanol–water partition coefficient (Wildman–Crippen LogP) is 2.12. The van der Waals surface area contributed by atoms with Crippen LogP contribution >= 0.6 is 0 Å². The van der Waals surface area contributed by atoms with Crippen LogP contribution in [0.25, 0.3) is 0 Å². The minimum absolute atomic E-state index is 0.769. The smallest absolute Gasteiger partial charge is 0.131 e. The van der Waals surface area contributed by atoms with Crippen molar-refractivity contribution < 1.29 is 0 Å². The van der Waals surface area contributed by atoms with E-state index in [2.05, 4.69) is 40.9 Å². The van der Waals surface area contributed by atoms with Gasteiger partial charge in [-0.2, -0.15) is 0 Å². The molecule has 0 saturated heterocycles. The molecule has 68 valence electrons. The van der Waals surface area contributed by atoms with E-state index in [9.17, 15) is 0 Å². The van der Waals surface area contributed by atoms with Crippen LogP contribution in [0.15, 0.2) is 36.8 Å². The van der Waals surface area contributed by atoms with Crippen molar-refractivity contribution in [3.63, 3.8) is 0 Å². The van der Waals surface area contributed by atoms with Gasteiger partial charge in [-0.25, -0.2) is 4.98 Å². The third-order valence-corrected chi connectivity index (χ3v) is 1.88. The quantitative estimate of drug-likeness (QED) is 0.621. The fraction of sp³-hybridized carbons (Fsp3) is 0.0833. The van der Waals surface area contributed by atoms with Gasteiger partial charge in [0, 0.05) is 11.8 Å². The van der Waals surface area contributed by atoms with E-state index in [-0.39, 0.29) is 0 Å². The van der Waals surface area contributed by atoms with Crippen molar-refractivity contribution in [2.45, 2.75) is 6.92 Å². The Hall–Kier alpha value is -2.01. The fourth-order valence-corrected chi connectivity index (χ4v) is 1.10. The number of nitrogens with one attached hydrogen (secondary N) is 1. The molecule has 0 unspecified atom stereocenters. The van der Waals surface area contributed by atoms with E-state index in [0.29, 0.717) is 0 Å². The first-order valence-corrected chi connectivity index (χ1v) is 4.42. The minimum atomic E-state index is 0.769. The highest BCUT2D eigenvalue weighted by Crippen LogP contribution is 2.01. The number of benzene rings is 1. The second kappa shape index (κ2) is 3.80. The number of nitrogens with zero attached hydrogens (tertiary/aromatic N) is 1. The molecule has 2 heteroatoms. The Balaban J connectivity index is 2.22. The molecule has 0 aliphatic rings. The summed E-state index contributed by atoms with van der Waals surface area (Å²) in [6.45, 7) is 2.06. The highest BCUT2D eigenvalue weighted by molar-refractivity contribution is 5.40. The molecule has 1 aromatic heterocycles. The molecule has 0 saturated carbocycles. The van der Waals surface area contributed by atoms with Gasteiger partial charge in [0.15, 0.2) is 0 Å². The summed E-state index contributed by atoms with van der Waals surface area (Å²) in [5, 5.41) is 0. The Morgan fingerprint density at radius 1 is 1.14 bits per heavy atom. The molecular formula is C12H10N2. The Morgan fingerprint density at radius 2 is 1.93 bits per heavy atom. The van der Waals surface area contributed by atoms with Gasteiger partial charge in [0.1, 0.15) is 5.69 Å². The van der Waals surface area contributed by atoms with Crippen LogP contribution < -0.4 is 0 Å². The van der Waals surface area contributed by atoms with Gasteiger partial charge in [0.2, 0.25) is 0 Å². The number of aryl methyl sites for hydroxylation is 1. The molecule has 0 aliphatic heterocycles. The maximum absolute atomic E-state index is 4.02. The molecule has 14 heavy (non-hydrogen) atoms. The van der Waals surface area contributed by atoms with Crippen molar-refractivity contribution in [1.82, 2.24) is 9.97 Å². The molecular weight excluding hydrogens is 172 g/mol. The molecule has 0 atom stereocenters. The van der Waals surface area contributed by atoms with Crippen LogP contribution in [0, 0.1) is 18.8 Å². The van der Waals surface area contributed by atoms with Gasteiger partial charge in [-0.05, 0) is 25.0 Å². The van der Waals surface area contributed by atoms with Crippen molar-refractivity contribution in [1.29, 1.82) is 0 Å². The highest BCUT2D eigenvalue weighted by Gasteiger charge is 1.87. The van der Waals surface area contributed by atoms with Crippen LogP contribution in [0.5, 0.6) is 0 Å². The van der Waals surface area contributed by atoms with E-state index in [1.807, 2.05) is 12.1 Å². The summed E-state index contributed by atoms with van der Waals surface area (Å²) in [5.41, 5.74) is 3.03. The van der Waals surface area contributed by atoms with E-state index in [4.69, 9.17) is 0 Å². The monoisotopic (exact) mass is 182 g/mol. The number of rotatable bonds is 0. The van der Waals surface area contributed by atoms with Crippen LogP contribution in [0.1, 0.15) is 16.8 Å². The van der Waals surface area contributed by atoms with Crippen LogP contribution in [0.3, 0.4) is 0 Å². The molecule has 0 fully saturated rings. The normalized spacial score (nSPS) is 9.21. The largest absolute Gasteiger partial charge is 0.350 e. The number of aromatic amines is 1. The second-order valence-corrected chi connectivity index (χ2v) is 3.07. The number of hydrogen-bond donors (Lipinski definition) is 1. The maximum atomic E-state index is 4.02. The Kier molecular flexibility index (Phi) is 2.33. The summed E-state index contributed by atoms with van der Waals surface area (Å²) in [6.07, 6.45) is 3.40. The van der Waals surface area contributed by atoms with E-state index in [1.165, 1.54) is 5.56 Å². The number of hydrogen-bond acceptors (Lipinski definition) is 1. The van der Waals surface area contributed by atoms with Crippen LogP contribution in [-0.2, 0) is 0 Å². The van der Waals surface area contributed by atoms with E-state index >= 15 is 0 Å². The summed E-state index contributed by atoms with van der Waals surface area (Å²) in [4.78, 5) is 6.88. The molecule has 2 aromatic rings. The zero-order valence-corrected chi connectivity index (χ0v) is 7.91. The van der Waals surface area contributed by atoms with Crippen LogP contribution in [0.4, 0.5) is 0 Å². The number of imidazole rings is 1. The van der Waals surface area contributed by atoms with Crippen molar-refractivity contribution in [3.8, 4) is 11.8 Å². The fourth-order valence-electron chi connectivity index (χ4n) is 1.10. The van der Waals surface area contributed by atoms with Gasteiger partial charge in [-0.1, -0.05) is 23.6 Å². The second-order valence-electron chi connectivity index (χ2n) is 3.07. The van der Waals surface area contributed by atoms with E-state index in [1.54, 1.807) is 12.5 Å². The van der Waals surface area contributed by atoms with Crippen molar-refractivity contribution in [3.05, 3.63) is 53.6 Å². The first kappa shape index (κ1) is 8.58. The Labute approximate surface area is 83.0 Å². The molecule has 2 rings (SSSR count). The topological polar surface area (TPSA) is 28.7 Å². The van der Waals surface area contributed by atoms with Gasteiger partial charge in [0.25, 0.3) is 0 Å².